The minimum absolute atomic E-state index is 0.134. The normalized spacial score (nSPS) is 17.1. The van der Waals surface area contributed by atoms with Crippen LogP contribution in [-0.4, -0.2) is 30.9 Å². The fourth-order valence-electron chi connectivity index (χ4n) is 3.02. The first-order valence-corrected chi connectivity index (χ1v) is 9.93. The number of benzene rings is 1. The molecule has 1 atom stereocenters. The fourth-order valence-corrected chi connectivity index (χ4v) is 3.80. The van der Waals surface area contributed by atoms with Gasteiger partial charge in [-0.3, -0.25) is 9.59 Å². The summed E-state index contributed by atoms with van der Waals surface area (Å²) in [6.07, 6.45) is 2.04. The first-order chi connectivity index (χ1) is 12.5. The van der Waals surface area contributed by atoms with Crippen molar-refractivity contribution >= 4 is 28.2 Å². The minimum Gasteiger partial charge on any atom is -0.348 e. The summed E-state index contributed by atoms with van der Waals surface area (Å²) in [5, 5.41) is 11.6. The summed E-state index contributed by atoms with van der Waals surface area (Å²) in [5.41, 5.74) is 2.30. The van der Waals surface area contributed by atoms with Crippen molar-refractivity contribution < 1.29 is 9.59 Å². The molecule has 2 aromatic rings. The Bertz CT molecular complexity index is 762. The summed E-state index contributed by atoms with van der Waals surface area (Å²) in [7, 11) is 0. The summed E-state index contributed by atoms with van der Waals surface area (Å²) in [5.74, 6) is 0.0931. The fraction of sp³-hybridized carbons (Fsp3) is 0.400. The molecule has 0 bridgehead atoms. The second-order valence-electron chi connectivity index (χ2n) is 6.91. The van der Waals surface area contributed by atoms with Gasteiger partial charge in [-0.25, -0.2) is 0 Å². The maximum Gasteiger partial charge on any atom is 0.256 e. The van der Waals surface area contributed by atoms with Gasteiger partial charge in [-0.2, -0.15) is 0 Å². The Morgan fingerprint density at radius 2 is 1.92 bits per heavy atom. The van der Waals surface area contributed by atoms with E-state index >= 15 is 0 Å². The Kier molecular flexibility index (Phi) is 6.06. The summed E-state index contributed by atoms with van der Waals surface area (Å²) in [6.45, 7) is 6.03. The highest BCUT2D eigenvalue weighted by atomic mass is 32.1. The minimum atomic E-state index is -0.198. The smallest absolute Gasteiger partial charge is 0.256 e. The molecule has 0 aliphatic carbocycles. The quantitative estimate of drug-likeness (QED) is 0.752. The molecular formula is C20H25N3O2S. The number of carbonyl (C=O) groups excluding carboxylic acids is 2. The summed E-state index contributed by atoms with van der Waals surface area (Å²) in [4.78, 5) is 25.1. The average molecular weight is 372 g/mol. The van der Waals surface area contributed by atoms with Crippen LogP contribution in [0.4, 0.5) is 5.00 Å². The maximum atomic E-state index is 12.5. The number of rotatable bonds is 5. The van der Waals surface area contributed by atoms with Crippen molar-refractivity contribution in [1.29, 1.82) is 0 Å². The lowest BCUT2D eigenvalue weighted by Crippen LogP contribution is -2.45. The second kappa shape index (κ2) is 8.47. The van der Waals surface area contributed by atoms with Crippen molar-refractivity contribution in [2.24, 2.45) is 0 Å². The zero-order chi connectivity index (χ0) is 18.5. The molecule has 1 aromatic heterocycles. The Labute approximate surface area is 158 Å². The molecule has 0 spiro atoms. The molecule has 1 aliphatic heterocycles. The average Bonchev–Trinajstić information content (AvgIpc) is 3.11. The molecular weight excluding hydrogens is 346 g/mol. The van der Waals surface area contributed by atoms with Gasteiger partial charge in [0.25, 0.3) is 11.8 Å². The first-order valence-electron chi connectivity index (χ1n) is 9.05. The Balaban J connectivity index is 1.65. The molecule has 1 saturated heterocycles. The highest BCUT2D eigenvalue weighted by molar-refractivity contribution is 7.14. The van der Waals surface area contributed by atoms with E-state index in [4.69, 9.17) is 0 Å². The molecule has 1 aliphatic rings. The van der Waals surface area contributed by atoms with Gasteiger partial charge < -0.3 is 16.0 Å². The lowest BCUT2D eigenvalue weighted by Gasteiger charge is -2.23. The van der Waals surface area contributed by atoms with E-state index in [9.17, 15) is 9.59 Å². The number of hydrogen-bond donors (Lipinski definition) is 3. The number of nitrogens with one attached hydrogen (secondary N) is 3. The van der Waals surface area contributed by atoms with Crippen molar-refractivity contribution in [3.63, 3.8) is 0 Å². The maximum absolute atomic E-state index is 12.5. The standard InChI is InChI=1S/C20H25N3O2S/c1-13(2)14-5-7-15(8-6-14)18(24)23-20-17(9-11-26-20)19(25)22-16-4-3-10-21-12-16/h5-9,11,13,16,21H,3-4,10,12H2,1-2H3,(H,22,25)(H,23,24)/t16-/m0/s1. The Morgan fingerprint density at radius 3 is 2.58 bits per heavy atom. The van der Waals surface area contributed by atoms with Crippen LogP contribution < -0.4 is 16.0 Å². The molecule has 1 fully saturated rings. The van der Waals surface area contributed by atoms with Crippen LogP contribution in [0.25, 0.3) is 0 Å². The van der Waals surface area contributed by atoms with E-state index in [0.29, 0.717) is 22.0 Å². The van der Waals surface area contributed by atoms with Gasteiger partial charge in [0.05, 0.1) is 5.56 Å². The van der Waals surface area contributed by atoms with E-state index in [2.05, 4.69) is 29.8 Å². The van der Waals surface area contributed by atoms with E-state index in [1.54, 1.807) is 6.07 Å². The SMILES string of the molecule is CC(C)c1ccc(C(=O)Nc2sccc2C(=O)N[C@H]2CCCNC2)cc1. The lowest BCUT2D eigenvalue weighted by atomic mass is 10.0. The second-order valence-corrected chi connectivity index (χ2v) is 7.83. The van der Waals surface area contributed by atoms with Crippen LogP contribution in [-0.2, 0) is 0 Å². The Hall–Kier alpha value is -2.18. The van der Waals surface area contributed by atoms with Gasteiger partial charge in [0.2, 0.25) is 0 Å². The third kappa shape index (κ3) is 4.51. The predicted octanol–water partition coefficient (Wildman–Crippen LogP) is 3.61. The predicted molar refractivity (Wildman–Crippen MR) is 106 cm³/mol. The third-order valence-corrected chi connectivity index (χ3v) is 5.44. The monoisotopic (exact) mass is 371 g/mol. The molecule has 6 heteroatoms. The number of amides is 2. The van der Waals surface area contributed by atoms with Crippen molar-refractivity contribution in [3.05, 3.63) is 52.4 Å². The molecule has 26 heavy (non-hydrogen) atoms. The van der Waals surface area contributed by atoms with Crippen LogP contribution in [0.1, 0.15) is 58.9 Å². The van der Waals surface area contributed by atoms with E-state index in [1.165, 1.54) is 16.9 Å². The van der Waals surface area contributed by atoms with Crippen LogP contribution in [0.2, 0.25) is 0 Å². The molecule has 5 nitrogen and oxygen atoms in total. The van der Waals surface area contributed by atoms with E-state index in [1.807, 2.05) is 29.6 Å². The van der Waals surface area contributed by atoms with Gasteiger partial charge >= 0.3 is 0 Å². The van der Waals surface area contributed by atoms with E-state index in [0.717, 1.165) is 25.9 Å². The molecule has 3 rings (SSSR count). The highest BCUT2D eigenvalue weighted by Crippen LogP contribution is 2.24. The van der Waals surface area contributed by atoms with Gasteiger partial charge in [0.1, 0.15) is 5.00 Å². The molecule has 0 unspecified atom stereocenters. The van der Waals surface area contributed by atoms with Crippen molar-refractivity contribution in [1.82, 2.24) is 10.6 Å². The van der Waals surface area contributed by atoms with Crippen LogP contribution >= 0.6 is 11.3 Å². The lowest BCUT2D eigenvalue weighted by molar-refractivity contribution is 0.0932. The zero-order valence-corrected chi connectivity index (χ0v) is 16.0. The highest BCUT2D eigenvalue weighted by Gasteiger charge is 2.20. The number of carbonyl (C=O) groups is 2. The van der Waals surface area contributed by atoms with Gasteiger partial charge in [-0.1, -0.05) is 26.0 Å². The Morgan fingerprint density at radius 1 is 1.15 bits per heavy atom. The van der Waals surface area contributed by atoms with Crippen LogP contribution in [0.5, 0.6) is 0 Å². The van der Waals surface area contributed by atoms with Gasteiger partial charge in [0.15, 0.2) is 0 Å². The molecule has 138 valence electrons. The first kappa shape index (κ1) is 18.6. The molecule has 0 saturated carbocycles. The molecule has 3 N–H and O–H groups in total. The van der Waals surface area contributed by atoms with E-state index < -0.39 is 0 Å². The molecule has 0 radical (unpaired) electrons. The van der Waals surface area contributed by atoms with Crippen LogP contribution in [0.3, 0.4) is 0 Å². The third-order valence-electron chi connectivity index (χ3n) is 4.61. The van der Waals surface area contributed by atoms with E-state index in [-0.39, 0.29) is 17.9 Å². The number of hydrogen-bond acceptors (Lipinski definition) is 4. The number of anilines is 1. The van der Waals surface area contributed by atoms with Gasteiger partial charge in [0, 0.05) is 18.2 Å². The molecule has 2 heterocycles. The van der Waals surface area contributed by atoms with Gasteiger partial charge in [-0.05, 0) is 54.4 Å². The summed E-state index contributed by atoms with van der Waals surface area (Å²) < 4.78 is 0. The molecule has 1 aromatic carbocycles. The summed E-state index contributed by atoms with van der Waals surface area (Å²) in [6, 6.07) is 9.49. The largest absolute Gasteiger partial charge is 0.348 e. The number of piperidine rings is 1. The summed E-state index contributed by atoms with van der Waals surface area (Å²) >= 11 is 1.36. The number of thiophene rings is 1. The topological polar surface area (TPSA) is 70.2 Å². The van der Waals surface area contributed by atoms with Crippen molar-refractivity contribution in [3.8, 4) is 0 Å². The van der Waals surface area contributed by atoms with Crippen LogP contribution in [0, 0.1) is 0 Å². The van der Waals surface area contributed by atoms with Crippen molar-refractivity contribution in [2.75, 3.05) is 18.4 Å². The molecule has 2 amide bonds. The van der Waals surface area contributed by atoms with Crippen LogP contribution in [0.15, 0.2) is 35.7 Å². The zero-order valence-electron chi connectivity index (χ0n) is 15.2. The van der Waals surface area contributed by atoms with Gasteiger partial charge in [-0.15, -0.1) is 11.3 Å². The van der Waals surface area contributed by atoms with Crippen molar-refractivity contribution in [2.45, 2.75) is 38.6 Å².